The predicted molar refractivity (Wildman–Crippen MR) is 113 cm³/mol. The molecule has 0 aromatic carbocycles. The number of fused-ring (bicyclic) bond motifs is 1. The number of anilines is 1. The Bertz CT molecular complexity index is 1220. The molecule has 32 heavy (non-hydrogen) atoms. The molecule has 0 spiro atoms. The molecule has 1 saturated heterocycles. The van der Waals surface area contributed by atoms with Gasteiger partial charge in [0.2, 0.25) is 10.0 Å². The number of ether oxygens (including phenoxy) is 1. The van der Waals surface area contributed by atoms with Crippen LogP contribution in [0.25, 0.3) is 17.0 Å². The van der Waals surface area contributed by atoms with Gasteiger partial charge in [-0.1, -0.05) is 0 Å². The van der Waals surface area contributed by atoms with E-state index in [9.17, 15) is 17.2 Å². The topological polar surface area (TPSA) is 115 Å². The summed E-state index contributed by atoms with van der Waals surface area (Å²) in [6, 6.07) is 4.26. The van der Waals surface area contributed by atoms with Gasteiger partial charge in [-0.25, -0.2) is 41.4 Å². The average molecular weight is 468 g/mol. The number of sulfonamides is 1. The molecule has 0 bridgehead atoms. The second kappa shape index (κ2) is 8.64. The minimum atomic E-state index is -3.36. The van der Waals surface area contributed by atoms with Crippen molar-refractivity contribution >= 4 is 21.5 Å². The highest BCUT2D eigenvalue weighted by Gasteiger charge is 2.34. The van der Waals surface area contributed by atoms with E-state index >= 15 is 0 Å². The zero-order valence-electron chi connectivity index (χ0n) is 17.7. The van der Waals surface area contributed by atoms with E-state index in [4.69, 9.17) is 4.74 Å². The highest BCUT2D eigenvalue weighted by atomic mass is 32.2. The highest BCUT2D eigenvalue weighted by Crippen LogP contribution is 2.27. The van der Waals surface area contributed by atoms with Gasteiger partial charge in [-0.3, -0.25) is 0 Å². The largest absolute Gasteiger partial charge is 0.370 e. The maximum absolute atomic E-state index is 13.1. The molecular formula is C19H23F2N7O3S. The van der Waals surface area contributed by atoms with Crippen LogP contribution < -0.4 is 9.62 Å². The molecule has 0 radical (unpaired) electrons. The molecule has 1 aliphatic rings. The van der Waals surface area contributed by atoms with Gasteiger partial charge >= 0.3 is 0 Å². The second-order valence-corrected chi connectivity index (χ2v) is 9.57. The molecule has 0 saturated carbocycles. The van der Waals surface area contributed by atoms with Crippen molar-refractivity contribution in [3.05, 3.63) is 36.4 Å². The standard InChI is InChI=1S/C19H23F2N7O3S/c1-11-9-27(12(2)16(31-11)8-25-32(3,29)30)18-6-14(23-10-24-18)15-7-22-17-5-4-13(19(20)21)26-28(15)17/h4-7,10-12,16,19,25H,8-9H2,1-3H3/t11-,12?,16-/m0/s1. The minimum Gasteiger partial charge on any atom is -0.370 e. The Hall–Kier alpha value is -2.77. The van der Waals surface area contributed by atoms with Crippen molar-refractivity contribution in [1.29, 1.82) is 0 Å². The van der Waals surface area contributed by atoms with E-state index in [1.165, 1.54) is 29.2 Å². The first-order valence-electron chi connectivity index (χ1n) is 9.94. The third-order valence-corrected chi connectivity index (χ3v) is 5.94. The summed E-state index contributed by atoms with van der Waals surface area (Å²) in [5.74, 6) is 0.599. The van der Waals surface area contributed by atoms with Crippen LogP contribution in [0, 0.1) is 0 Å². The van der Waals surface area contributed by atoms with Gasteiger partial charge in [0.15, 0.2) is 5.65 Å². The Kier molecular flexibility index (Phi) is 6.05. The first-order chi connectivity index (χ1) is 15.1. The van der Waals surface area contributed by atoms with Gasteiger partial charge in [-0.2, -0.15) is 5.10 Å². The fraction of sp³-hybridized carbons (Fsp3) is 0.474. The fourth-order valence-electron chi connectivity index (χ4n) is 3.68. The zero-order chi connectivity index (χ0) is 23.0. The van der Waals surface area contributed by atoms with Crippen molar-refractivity contribution < 1.29 is 21.9 Å². The lowest BCUT2D eigenvalue weighted by Gasteiger charge is -2.43. The normalized spacial score (nSPS) is 22.1. The van der Waals surface area contributed by atoms with Crippen molar-refractivity contribution in [3.8, 4) is 11.4 Å². The molecule has 3 atom stereocenters. The van der Waals surface area contributed by atoms with Crippen LogP contribution in [0.1, 0.15) is 26.0 Å². The number of morpholine rings is 1. The average Bonchev–Trinajstić information content (AvgIpc) is 3.17. The first-order valence-corrected chi connectivity index (χ1v) is 11.8. The summed E-state index contributed by atoms with van der Waals surface area (Å²) in [5, 5.41) is 3.98. The van der Waals surface area contributed by atoms with Crippen molar-refractivity contribution in [2.24, 2.45) is 0 Å². The Balaban J connectivity index is 1.65. The number of nitrogens with one attached hydrogen (secondary N) is 1. The summed E-state index contributed by atoms with van der Waals surface area (Å²) < 4.78 is 59.0. The van der Waals surface area contributed by atoms with E-state index in [0.29, 0.717) is 29.4 Å². The van der Waals surface area contributed by atoms with Crippen LogP contribution in [0.2, 0.25) is 0 Å². The molecule has 4 rings (SSSR count). The summed E-state index contributed by atoms with van der Waals surface area (Å²) in [6.07, 6.45) is 0.747. The molecule has 3 aromatic rings. The molecule has 1 aliphatic heterocycles. The van der Waals surface area contributed by atoms with Crippen molar-refractivity contribution in [2.45, 2.75) is 38.5 Å². The molecule has 1 unspecified atom stereocenters. The molecule has 10 nitrogen and oxygen atoms in total. The third-order valence-electron chi connectivity index (χ3n) is 5.25. The number of nitrogens with zero attached hydrogens (tertiary/aromatic N) is 6. The molecule has 13 heteroatoms. The lowest BCUT2D eigenvalue weighted by atomic mass is 10.1. The SMILES string of the molecule is CC1[C@H](CNS(C)(=O)=O)O[C@@H](C)CN1c1cc(-c2cnc3ccc(C(F)F)nn23)ncn1. The highest BCUT2D eigenvalue weighted by molar-refractivity contribution is 7.88. The van der Waals surface area contributed by atoms with Gasteiger partial charge in [0.05, 0.1) is 36.4 Å². The Morgan fingerprint density at radius 3 is 2.75 bits per heavy atom. The second-order valence-electron chi connectivity index (χ2n) is 7.73. The van der Waals surface area contributed by atoms with E-state index in [2.05, 4.69) is 24.8 Å². The van der Waals surface area contributed by atoms with E-state index < -0.39 is 22.6 Å². The van der Waals surface area contributed by atoms with Gasteiger partial charge in [0.1, 0.15) is 23.5 Å². The van der Waals surface area contributed by atoms with Gasteiger partial charge in [-0.15, -0.1) is 0 Å². The Labute approximate surface area is 183 Å². The number of alkyl halides is 2. The smallest absolute Gasteiger partial charge is 0.282 e. The molecule has 1 fully saturated rings. The van der Waals surface area contributed by atoms with Gasteiger partial charge < -0.3 is 9.64 Å². The van der Waals surface area contributed by atoms with E-state index in [1.807, 2.05) is 18.7 Å². The van der Waals surface area contributed by atoms with E-state index in [1.54, 1.807) is 6.07 Å². The quantitative estimate of drug-likeness (QED) is 0.582. The third kappa shape index (κ3) is 4.69. The number of hydrogen-bond acceptors (Lipinski definition) is 8. The Morgan fingerprint density at radius 1 is 1.25 bits per heavy atom. The number of rotatable bonds is 6. The Morgan fingerprint density at radius 2 is 2.03 bits per heavy atom. The summed E-state index contributed by atoms with van der Waals surface area (Å²) >= 11 is 0. The van der Waals surface area contributed by atoms with Crippen molar-refractivity contribution in [1.82, 2.24) is 29.3 Å². The molecular weight excluding hydrogens is 444 g/mol. The van der Waals surface area contributed by atoms with Crippen LogP contribution in [0.5, 0.6) is 0 Å². The number of aromatic nitrogens is 5. The van der Waals surface area contributed by atoms with Crippen LogP contribution in [0.15, 0.2) is 30.7 Å². The number of hydrogen-bond donors (Lipinski definition) is 1. The lowest BCUT2D eigenvalue weighted by molar-refractivity contribution is -0.0329. The molecule has 172 valence electrons. The molecule has 4 heterocycles. The molecule has 0 aliphatic carbocycles. The van der Waals surface area contributed by atoms with Gasteiger partial charge in [-0.05, 0) is 26.0 Å². The maximum Gasteiger partial charge on any atom is 0.282 e. The summed E-state index contributed by atoms with van der Waals surface area (Å²) in [6.45, 7) is 4.49. The minimum absolute atomic E-state index is 0.131. The first kappa shape index (κ1) is 22.4. The van der Waals surface area contributed by atoms with Gasteiger partial charge in [0, 0.05) is 19.2 Å². The van der Waals surface area contributed by atoms with E-state index in [-0.39, 0.29) is 24.4 Å². The van der Waals surface area contributed by atoms with Crippen LogP contribution in [0.4, 0.5) is 14.6 Å². The summed E-state index contributed by atoms with van der Waals surface area (Å²) in [7, 11) is -3.36. The molecule has 3 aromatic heterocycles. The van der Waals surface area contributed by atoms with E-state index in [0.717, 1.165) is 6.26 Å². The van der Waals surface area contributed by atoms with Crippen molar-refractivity contribution in [2.75, 3.05) is 24.2 Å². The lowest BCUT2D eigenvalue weighted by Crippen LogP contribution is -2.56. The number of halogens is 2. The van der Waals surface area contributed by atoms with Crippen LogP contribution in [0.3, 0.4) is 0 Å². The monoisotopic (exact) mass is 467 g/mol. The van der Waals surface area contributed by atoms with Crippen LogP contribution >= 0.6 is 0 Å². The van der Waals surface area contributed by atoms with Gasteiger partial charge in [0.25, 0.3) is 6.43 Å². The predicted octanol–water partition coefficient (Wildman–Crippen LogP) is 1.66. The summed E-state index contributed by atoms with van der Waals surface area (Å²) in [5.41, 5.74) is 0.988. The zero-order valence-corrected chi connectivity index (χ0v) is 18.5. The summed E-state index contributed by atoms with van der Waals surface area (Å²) in [4.78, 5) is 14.9. The van der Waals surface area contributed by atoms with Crippen LogP contribution in [-0.4, -0.2) is 70.6 Å². The molecule has 0 amide bonds. The number of imidazole rings is 1. The maximum atomic E-state index is 13.1. The fourth-order valence-corrected chi connectivity index (χ4v) is 4.14. The van der Waals surface area contributed by atoms with Crippen LogP contribution in [-0.2, 0) is 14.8 Å². The van der Waals surface area contributed by atoms with Crippen molar-refractivity contribution in [3.63, 3.8) is 0 Å². The molecule has 1 N–H and O–H groups in total.